The third kappa shape index (κ3) is 4.04. The molecule has 0 aliphatic heterocycles. The Kier molecular flexibility index (Phi) is 4.86. The molecule has 0 aliphatic carbocycles. The Balaban J connectivity index is 2.43. The van der Waals surface area contributed by atoms with Crippen LogP contribution in [-0.2, 0) is 4.79 Å². The highest BCUT2D eigenvalue weighted by atomic mass is 79.9. The lowest BCUT2D eigenvalue weighted by atomic mass is 10.4. The minimum absolute atomic E-state index is 0.0376. The molecule has 0 bridgehead atoms. The van der Waals surface area contributed by atoms with Crippen LogP contribution < -0.4 is 5.32 Å². The van der Waals surface area contributed by atoms with Crippen LogP contribution >= 0.6 is 27.3 Å². The Bertz CT molecular complexity index is 335. The molecule has 1 heterocycles. The average molecular weight is 276 g/mol. The van der Waals surface area contributed by atoms with Crippen molar-refractivity contribution >= 4 is 39.2 Å². The van der Waals surface area contributed by atoms with Crippen molar-refractivity contribution in [3.8, 4) is 0 Å². The van der Waals surface area contributed by atoms with Crippen molar-refractivity contribution in [2.24, 2.45) is 0 Å². The largest absolute Gasteiger partial charge is 0.395 e. The van der Waals surface area contributed by atoms with Crippen molar-refractivity contribution in [2.45, 2.75) is 0 Å². The molecular formula is C9H10BrNO2S. The molecule has 0 aromatic carbocycles. The molecule has 1 amide bonds. The van der Waals surface area contributed by atoms with Gasteiger partial charge in [0.25, 0.3) is 0 Å². The van der Waals surface area contributed by atoms with Crippen LogP contribution in [0.25, 0.3) is 6.08 Å². The van der Waals surface area contributed by atoms with Crippen molar-refractivity contribution in [1.82, 2.24) is 5.32 Å². The van der Waals surface area contributed by atoms with Gasteiger partial charge in [-0.3, -0.25) is 4.79 Å². The van der Waals surface area contributed by atoms with Gasteiger partial charge in [-0.05, 0) is 28.1 Å². The number of hydrogen-bond donors (Lipinski definition) is 2. The highest BCUT2D eigenvalue weighted by Crippen LogP contribution is 2.20. The maximum absolute atomic E-state index is 11.1. The summed E-state index contributed by atoms with van der Waals surface area (Å²) in [6, 6.07) is 1.93. The van der Waals surface area contributed by atoms with E-state index in [0.29, 0.717) is 0 Å². The van der Waals surface area contributed by atoms with E-state index in [1.807, 2.05) is 11.4 Å². The first-order valence-electron chi connectivity index (χ1n) is 4.03. The van der Waals surface area contributed by atoms with Gasteiger partial charge in [-0.1, -0.05) is 0 Å². The quantitative estimate of drug-likeness (QED) is 0.821. The van der Waals surface area contributed by atoms with Crippen molar-refractivity contribution < 1.29 is 9.90 Å². The van der Waals surface area contributed by atoms with Gasteiger partial charge >= 0.3 is 0 Å². The SMILES string of the molecule is O=C(/C=C/c1cc(Br)cs1)NCCO. The van der Waals surface area contributed by atoms with Gasteiger partial charge in [0, 0.05) is 27.4 Å². The fourth-order valence-corrected chi connectivity index (χ4v) is 2.15. The molecule has 1 rings (SSSR count). The topological polar surface area (TPSA) is 49.3 Å². The summed E-state index contributed by atoms with van der Waals surface area (Å²) in [5, 5.41) is 12.9. The molecule has 76 valence electrons. The predicted octanol–water partition coefficient (Wildman–Crippen LogP) is 1.63. The van der Waals surface area contributed by atoms with E-state index in [2.05, 4.69) is 21.2 Å². The van der Waals surface area contributed by atoms with Gasteiger partial charge in [-0.2, -0.15) is 0 Å². The van der Waals surface area contributed by atoms with Gasteiger partial charge in [-0.15, -0.1) is 11.3 Å². The zero-order valence-corrected chi connectivity index (χ0v) is 9.77. The molecule has 0 spiro atoms. The predicted molar refractivity (Wildman–Crippen MR) is 61.1 cm³/mol. The van der Waals surface area contributed by atoms with Gasteiger partial charge in [0.15, 0.2) is 0 Å². The lowest BCUT2D eigenvalue weighted by Crippen LogP contribution is -2.24. The molecule has 1 aromatic rings. The zero-order valence-electron chi connectivity index (χ0n) is 7.37. The fourth-order valence-electron chi connectivity index (χ4n) is 0.812. The van der Waals surface area contributed by atoms with Crippen molar-refractivity contribution in [3.05, 3.63) is 26.9 Å². The standard InChI is InChI=1S/C9H10BrNO2S/c10-7-5-8(14-6-7)1-2-9(13)11-3-4-12/h1-2,5-6,12H,3-4H2,(H,11,13)/b2-1+. The van der Waals surface area contributed by atoms with Crippen LogP contribution in [0.1, 0.15) is 4.88 Å². The lowest BCUT2D eigenvalue weighted by molar-refractivity contribution is -0.116. The van der Waals surface area contributed by atoms with Crippen molar-refractivity contribution in [1.29, 1.82) is 0 Å². The Morgan fingerprint density at radius 2 is 2.50 bits per heavy atom. The summed E-state index contributed by atoms with van der Waals surface area (Å²) in [5.74, 6) is -0.191. The summed E-state index contributed by atoms with van der Waals surface area (Å²) in [5.41, 5.74) is 0. The minimum Gasteiger partial charge on any atom is -0.395 e. The van der Waals surface area contributed by atoms with E-state index in [1.165, 1.54) is 6.08 Å². The molecule has 0 fully saturated rings. The van der Waals surface area contributed by atoms with Crippen molar-refractivity contribution in [3.63, 3.8) is 0 Å². The van der Waals surface area contributed by atoms with Gasteiger partial charge in [0.05, 0.1) is 6.61 Å². The number of carbonyl (C=O) groups excluding carboxylic acids is 1. The zero-order chi connectivity index (χ0) is 10.4. The third-order valence-corrected chi connectivity index (χ3v) is 3.06. The second-order valence-corrected chi connectivity index (χ2v) is 4.37. The van der Waals surface area contributed by atoms with Crippen LogP contribution in [0.4, 0.5) is 0 Å². The maximum atomic E-state index is 11.1. The highest BCUT2D eigenvalue weighted by Gasteiger charge is 1.95. The Morgan fingerprint density at radius 1 is 1.71 bits per heavy atom. The number of thiophene rings is 1. The van der Waals surface area contributed by atoms with Crippen LogP contribution in [0.3, 0.4) is 0 Å². The number of aliphatic hydroxyl groups excluding tert-OH is 1. The first-order chi connectivity index (χ1) is 6.72. The number of hydrogen-bond acceptors (Lipinski definition) is 3. The van der Waals surface area contributed by atoms with E-state index >= 15 is 0 Å². The van der Waals surface area contributed by atoms with Crippen LogP contribution in [0.5, 0.6) is 0 Å². The summed E-state index contributed by atoms with van der Waals surface area (Å²) in [6.45, 7) is 0.251. The summed E-state index contributed by atoms with van der Waals surface area (Å²) in [4.78, 5) is 12.1. The van der Waals surface area contributed by atoms with Crippen LogP contribution in [-0.4, -0.2) is 24.2 Å². The normalized spacial score (nSPS) is 10.7. The molecule has 0 atom stereocenters. The minimum atomic E-state index is -0.191. The van der Waals surface area contributed by atoms with E-state index in [4.69, 9.17) is 5.11 Å². The lowest BCUT2D eigenvalue weighted by Gasteiger charge is -1.95. The number of carbonyl (C=O) groups is 1. The second kappa shape index (κ2) is 5.95. The number of amides is 1. The number of halogens is 1. The van der Waals surface area contributed by atoms with Crippen LogP contribution in [0.15, 0.2) is 22.0 Å². The Morgan fingerprint density at radius 3 is 3.07 bits per heavy atom. The molecule has 0 aliphatic rings. The molecule has 0 unspecified atom stereocenters. The number of nitrogens with one attached hydrogen (secondary N) is 1. The van der Waals surface area contributed by atoms with Crippen LogP contribution in [0, 0.1) is 0 Å². The molecule has 0 saturated carbocycles. The van der Waals surface area contributed by atoms with Gasteiger partial charge in [0.2, 0.25) is 5.91 Å². The monoisotopic (exact) mass is 275 g/mol. The number of aliphatic hydroxyl groups is 1. The van der Waals surface area contributed by atoms with Crippen molar-refractivity contribution in [2.75, 3.05) is 13.2 Å². The summed E-state index contributed by atoms with van der Waals surface area (Å²) >= 11 is 4.88. The van der Waals surface area contributed by atoms with E-state index in [1.54, 1.807) is 17.4 Å². The molecule has 0 radical (unpaired) electrons. The van der Waals surface area contributed by atoms with E-state index < -0.39 is 0 Å². The summed E-state index contributed by atoms with van der Waals surface area (Å²) in [7, 11) is 0. The Labute approximate surface area is 94.6 Å². The molecular weight excluding hydrogens is 266 g/mol. The molecule has 14 heavy (non-hydrogen) atoms. The summed E-state index contributed by atoms with van der Waals surface area (Å²) < 4.78 is 1.01. The van der Waals surface area contributed by atoms with E-state index in [-0.39, 0.29) is 19.1 Å². The maximum Gasteiger partial charge on any atom is 0.244 e. The smallest absolute Gasteiger partial charge is 0.244 e. The molecule has 1 aromatic heterocycles. The second-order valence-electron chi connectivity index (χ2n) is 2.52. The first kappa shape index (κ1) is 11.4. The fraction of sp³-hybridized carbons (Fsp3) is 0.222. The summed E-state index contributed by atoms with van der Waals surface area (Å²) in [6.07, 6.45) is 3.19. The molecule has 0 saturated heterocycles. The Hall–Kier alpha value is -0.650. The van der Waals surface area contributed by atoms with Gasteiger partial charge < -0.3 is 10.4 Å². The van der Waals surface area contributed by atoms with E-state index in [9.17, 15) is 4.79 Å². The first-order valence-corrected chi connectivity index (χ1v) is 5.70. The van der Waals surface area contributed by atoms with Crippen LogP contribution in [0.2, 0.25) is 0 Å². The van der Waals surface area contributed by atoms with E-state index in [0.717, 1.165) is 9.35 Å². The highest BCUT2D eigenvalue weighted by molar-refractivity contribution is 9.10. The average Bonchev–Trinajstić information content (AvgIpc) is 2.58. The molecule has 3 nitrogen and oxygen atoms in total. The van der Waals surface area contributed by atoms with Gasteiger partial charge in [0.1, 0.15) is 0 Å². The third-order valence-electron chi connectivity index (χ3n) is 1.40. The number of rotatable bonds is 4. The molecule has 5 heteroatoms. The molecule has 2 N–H and O–H groups in total. The van der Waals surface area contributed by atoms with Gasteiger partial charge in [-0.25, -0.2) is 0 Å².